The number of hydrogen-bond donors (Lipinski definition) is 2. The van der Waals surface area contributed by atoms with Gasteiger partial charge in [-0.05, 0) is 37.1 Å². The van der Waals surface area contributed by atoms with Crippen LogP contribution in [0.4, 0.5) is 14.9 Å². The van der Waals surface area contributed by atoms with Gasteiger partial charge in [-0.3, -0.25) is 14.5 Å². The Hall–Kier alpha value is -3.22. The second kappa shape index (κ2) is 7.99. The van der Waals surface area contributed by atoms with Gasteiger partial charge >= 0.3 is 6.03 Å². The standard InChI is InChI=1S/C20H20FN3O3/c1-13(14-6-3-2-4-7-14)24-19(26)17(23-20(24)27)10-11-18(25)22-16-9-5-8-15(21)12-16/h2-9,12-13,17H,10-11H2,1H3,(H,22,25)(H,23,27). The van der Waals surface area contributed by atoms with Crippen LogP contribution in [-0.4, -0.2) is 28.8 Å². The van der Waals surface area contributed by atoms with Gasteiger partial charge in [-0.2, -0.15) is 0 Å². The van der Waals surface area contributed by atoms with Crippen molar-refractivity contribution in [2.45, 2.75) is 31.8 Å². The molecule has 1 heterocycles. The molecule has 0 bridgehead atoms. The number of nitrogens with one attached hydrogen (secondary N) is 2. The van der Waals surface area contributed by atoms with Crippen molar-refractivity contribution in [3.63, 3.8) is 0 Å². The molecule has 4 amide bonds. The van der Waals surface area contributed by atoms with Gasteiger partial charge in [0.2, 0.25) is 5.91 Å². The average molecular weight is 369 g/mol. The van der Waals surface area contributed by atoms with E-state index in [1.165, 1.54) is 23.1 Å². The highest BCUT2D eigenvalue weighted by molar-refractivity contribution is 6.05. The van der Waals surface area contributed by atoms with Crippen molar-refractivity contribution in [1.29, 1.82) is 0 Å². The Labute approximate surface area is 156 Å². The Balaban J connectivity index is 1.58. The number of imide groups is 1. The summed E-state index contributed by atoms with van der Waals surface area (Å²) in [6, 6.07) is 13.2. The number of nitrogens with zero attached hydrogens (tertiary/aromatic N) is 1. The van der Waals surface area contributed by atoms with Gasteiger partial charge in [-0.15, -0.1) is 0 Å². The number of carbonyl (C=O) groups is 3. The quantitative estimate of drug-likeness (QED) is 0.768. The molecule has 0 spiro atoms. The molecule has 0 saturated carbocycles. The predicted octanol–water partition coefficient (Wildman–Crippen LogP) is 3.23. The van der Waals surface area contributed by atoms with Crippen LogP contribution >= 0.6 is 0 Å². The molecular weight excluding hydrogens is 349 g/mol. The molecule has 1 saturated heterocycles. The zero-order valence-electron chi connectivity index (χ0n) is 14.8. The number of halogens is 1. The van der Waals surface area contributed by atoms with E-state index in [4.69, 9.17) is 0 Å². The summed E-state index contributed by atoms with van der Waals surface area (Å²) in [5.41, 5.74) is 1.20. The normalized spacial score (nSPS) is 17.6. The van der Waals surface area contributed by atoms with E-state index in [9.17, 15) is 18.8 Å². The van der Waals surface area contributed by atoms with Gasteiger partial charge in [0.05, 0.1) is 6.04 Å². The van der Waals surface area contributed by atoms with E-state index in [2.05, 4.69) is 10.6 Å². The number of benzene rings is 2. The third kappa shape index (κ3) is 4.31. The summed E-state index contributed by atoms with van der Waals surface area (Å²) in [6.07, 6.45) is 0.199. The lowest BCUT2D eigenvalue weighted by molar-refractivity contribution is -0.129. The Morgan fingerprint density at radius 2 is 1.93 bits per heavy atom. The minimum atomic E-state index is -0.748. The van der Waals surface area contributed by atoms with Gasteiger partial charge in [0.1, 0.15) is 11.9 Å². The van der Waals surface area contributed by atoms with Crippen molar-refractivity contribution in [1.82, 2.24) is 10.2 Å². The third-order valence-electron chi connectivity index (χ3n) is 4.49. The van der Waals surface area contributed by atoms with E-state index in [-0.39, 0.29) is 24.7 Å². The van der Waals surface area contributed by atoms with E-state index >= 15 is 0 Å². The Morgan fingerprint density at radius 1 is 1.19 bits per heavy atom. The Bertz CT molecular complexity index is 857. The first kappa shape index (κ1) is 18.6. The SMILES string of the molecule is CC(c1ccccc1)N1C(=O)NC(CCC(=O)Nc2cccc(F)c2)C1=O. The maximum absolute atomic E-state index is 13.2. The molecule has 6 nitrogen and oxygen atoms in total. The zero-order chi connectivity index (χ0) is 19.4. The molecule has 2 aromatic carbocycles. The van der Waals surface area contributed by atoms with Crippen LogP contribution in [0.1, 0.15) is 31.4 Å². The summed E-state index contributed by atoms with van der Waals surface area (Å²) in [5.74, 6) is -1.15. The lowest BCUT2D eigenvalue weighted by Crippen LogP contribution is -2.34. The number of anilines is 1. The average Bonchev–Trinajstić information content (AvgIpc) is 2.94. The van der Waals surface area contributed by atoms with Gasteiger partial charge in [-0.25, -0.2) is 9.18 Å². The lowest BCUT2D eigenvalue weighted by Gasteiger charge is -2.21. The molecule has 7 heteroatoms. The van der Waals surface area contributed by atoms with E-state index in [1.54, 1.807) is 13.0 Å². The fraction of sp³-hybridized carbons (Fsp3) is 0.250. The minimum Gasteiger partial charge on any atom is -0.326 e. The van der Waals surface area contributed by atoms with Crippen LogP contribution < -0.4 is 10.6 Å². The van der Waals surface area contributed by atoms with Crippen LogP contribution in [0.3, 0.4) is 0 Å². The van der Waals surface area contributed by atoms with Crippen molar-refractivity contribution < 1.29 is 18.8 Å². The maximum atomic E-state index is 13.2. The molecule has 140 valence electrons. The second-order valence-corrected chi connectivity index (χ2v) is 6.39. The minimum absolute atomic E-state index is 0.0285. The van der Waals surface area contributed by atoms with Crippen LogP contribution in [-0.2, 0) is 9.59 Å². The van der Waals surface area contributed by atoms with Crippen LogP contribution in [0.15, 0.2) is 54.6 Å². The molecule has 27 heavy (non-hydrogen) atoms. The van der Waals surface area contributed by atoms with Gasteiger partial charge < -0.3 is 10.6 Å². The van der Waals surface area contributed by atoms with Crippen LogP contribution in [0.5, 0.6) is 0 Å². The highest BCUT2D eigenvalue weighted by Crippen LogP contribution is 2.25. The van der Waals surface area contributed by atoms with E-state index in [1.807, 2.05) is 30.3 Å². The van der Waals surface area contributed by atoms with Gasteiger partial charge in [-0.1, -0.05) is 36.4 Å². The first-order valence-electron chi connectivity index (χ1n) is 8.69. The summed E-state index contributed by atoms with van der Waals surface area (Å²) in [4.78, 5) is 38.1. The molecule has 0 aromatic heterocycles. The molecule has 0 aliphatic carbocycles. The zero-order valence-corrected chi connectivity index (χ0v) is 14.8. The Morgan fingerprint density at radius 3 is 2.63 bits per heavy atom. The van der Waals surface area contributed by atoms with Crippen molar-refractivity contribution >= 4 is 23.5 Å². The lowest BCUT2D eigenvalue weighted by atomic mass is 10.1. The van der Waals surface area contributed by atoms with Crippen LogP contribution in [0.2, 0.25) is 0 Å². The fourth-order valence-electron chi connectivity index (χ4n) is 3.06. The summed E-state index contributed by atoms with van der Waals surface area (Å²) < 4.78 is 13.2. The monoisotopic (exact) mass is 369 g/mol. The van der Waals surface area contributed by atoms with E-state index < -0.39 is 23.9 Å². The maximum Gasteiger partial charge on any atom is 0.325 e. The highest BCUT2D eigenvalue weighted by Gasteiger charge is 2.40. The van der Waals surface area contributed by atoms with Crippen molar-refractivity contribution in [3.05, 3.63) is 66.0 Å². The van der Waals surface area contributed by atoms with Crippen molar-refractivity contribution in [2.75, 3.05) is 5.32 Å². The molecule has 2 N–H and O–H groups in total. The highest BCUT2D eigenvalue weighted by atomic mass is 19.1. The number of amides is 4. The fourth-order valence-corrected chi connectivity index (χ4v) is 3.06. The smallest absolute Gasteiger partial charge is 0.325 e. The molecular formula is C20H20FN3O3. The Kier molecular flexibility index (Phi) is 5.49. The first-order valence-corrected chi connectivity index (χ1v) is 8.69. The number of urea groups is 1. The van der Waals surface area contributed by atoms with Crippen molar-refractivity contribution in [2.24, 2.45) is 0 Å². The molecule has 3 rings (SSSR count). The summed E-state index contributed by atoms with van der Waals surface area (Å²) in [5, 5.41) is 5.21. The van der Waals surface area contributed by atoms with Gasteiger partial charge in [0.15, 0.2) is 0 Å². The topological polar surface area (TPSA) is 78.5 Å². The third-order valence-corrected chi connectivity index (χ3v) is 4.49. The molecule has 2 unspecified atom stereocenters. The van der Waals surface area contributed by atoms with Gasteiger partial charge in [0, 0.05) is 12.1 Å². The first-order chi connectivity index (χ1) is 13.0. The number of carbonyl (C=O) groups excluding carboxylic acids is 3. The van der Waals surface area contributed by atoms with E-state index in [0.29, 0.717) is 5.69 Å². The van der Waals surface area contributed by atoms with Crippen LogP contribution in [0, 0.1) is 5.82 Å². The molecule has 1 aliphatic rings. The number of hydrogen-bond acceptors (Lipinski definition) is 3. The second-order valence-electron chi connectivity index (χ2n) is 6.39. The summed E-state index contributed by atoms with van der Waals surface area (Å²) in [6.45, 7) is 1.78. The predicted molar refractivity (Wildman–Crippen MR) is 98.3 cm³/mol. The largest absolute Gasteiger partial charge is 0.326 e. The summed E-state index contributed by atoms with van der Waals surface area (Å²) in [7, 11) is 0. The van der Waals surface area contributed by atoms with Crippen molar-refractivity contribution in [3.8, 4) is 0 Å². The van der Waals surface area contributed by atoms with Crippen LogP contribution in [0.25, 0.3) is 0 Å². The van der Waals surface area contributed by atoms with Gasteiger partial charge in [0.25, 0.3) is 5.91 Å². The number of rotatable bonds is 6. The van der Waals surface area contributed by atoms with E-state index in [0.717, 1.165) is 5.56 Å². The molecule has 0 radical (unpaired) electrons. The molecule has 1 aliphatic heterocycles. The molecule has 2 aromatic rings. The molecule has 2 atom stereocenters. The summed E-state index contributed by atoms with van der Waals surface area (Å²) >= 11 is 0. The molecule has 1 fully saturated rings.